The first-order valence-corrected chi connectivity index (χ1v) is 5.54. The van der Waals surface area contributed by atoms with Gasteiger partial charge in [0, 0.05) is 20.0 Å². The second-order valence-electron chi connectivity index (χ2n) is 3.80. The summed E-state index contributed by atoms with van der Waals surface area (Å²) in [5.41, 5.74) is 1.32. The number of nitrogens with one attached hydrogen (secondary N) is 1. The van der Waals surface area contributed by atoms with Crippen LogP contribution in [-0.4, -0.2) is 22.6 Å². The summed E-state index contributed by atoms with van der Waals surface area (Å²) in [5, 5.41) is 3.24. The molecule has 2 rings (SSSR count). The van der Waals surface area contributed by atoms with Crippen molar-refractivity contribution in [3.8, 4) is 0 Å². The Morgan fingerprint density at radius 2 is 2.25 bits per heavy atom. The lowest BCUT2D eigenvalue weighted by Gasteiger charge is -2.02. The molecule has 3 nitrogen and oxygen atoms in total. The molecule has 16 heavy (non-hydrogen) atoms. The van der Waals surface area contributed by atoms with Crippen LogP contribution in [0.4, 0.5) is 4.39 Å². The van der Waals surface area contributed by atoms with Crippen molar-refractivity contribution in [1.82, 2.24) is 14.9 Å². The fourth-order valence-corrected chi connectivity index (χ4v) is 1.83. The Balaban J connectivity index is 2.33. The molecule has 0 aliphatic heterocycles. The molecular formula is C12H16FN3. The van der Waals surface area contributed by atoms with Crippen molar-refractivity contribution in [2.24, 2.45) is 7.05 Å². The van der Waals surface area contributed by atoms with Gasteiger partial charge in [0.1, 0.15) is 11.3 Å². The maximum Gasteiger partial charge on any atom is 0.151 e. The molecule has 0 aliphatic carbocycles. The number of benzene rings is 1. The van der Waals surface area contributed by atoms with Gasteiger partial charge in [-0.15, -0.1) is 0 Å². The molecule has 0 radical (unpaired) electrons. The van der Waals surface area contributed by atoms with Crippen molar-refractivity contribution in [3.63, 3.8) is 0 Å². The van der Waals surface area contributed by atoms with Crippen molar-refractivity contribution in [2.45, 2.75) is 13.3 Å². The lowest BCUT2D eigenvalue weighted by Crippen LogP contribution is -2.17. The van der Waals surface area contributed by atoms with Crippen LogP contribution in [0.5, 0.6) is 0 Å². The molecule has 0 saturated heterocycles. The van der Waals surface area contributed by atoms with Gasteiger partial charge < -0.3 is 9.88 Å². The summed E-state index contributed by atoms with van der Waals surface area (Å²) in [6, 6.07) is 5.05. The summed E-state index contributed by atoms with van der Waals surface area (Å²) < 4.78 is 15.4. The lowest BCUT2D eigenvalue weighted by molar-refractivity contribution is 0.636. The molecule has 1 aromatic heterocycles. The molecule has 0 unspecified atom stereocenters. The fourth-order valence-electron chi connectivity index (χ4n) is 1.83. The minimum Gasteiger partial charge on any atom is -0.331 e. The highest BCUT2D eigenvalue weighted by atomic mass is 19.1. The van der Waals surface area contributed by atoms with Gasteiger partial charge in [0.15, 0.2) is 5.82 Å². The highest BCUT2D eigenvalue weighted by Crippen LogP contribution is 2.17. The third kappa shape index (κ3) is 1.93. The number of aromatic nitrogens is 2. The third-order valence-electron chi connectivity index (χ3n) is 2.73. The van der Waals surface area contributed by atoms with Crippen molar-refractivity contribution in [2.75, 3.05) is 13.1 Å². The molecule has 1 N–H and O–H groups in total. The topological polar surface area (TPSA) is 29.9 Å². The predicted molar refractivity (Wildman–Crippen MR) is 62.9 cm³/mol. The van der Waals surface area contributed by atoms with E-state index in [0.29, 0.717) is 5.52 Å². The van der Waals surface area contributed by atoms with Crippen LogP contribution in [-0.2, 0) is 13.5 Å². The maximum absolute atomic E-state index is 13.5. The van der Waals surface area contributed by atoms with E-state index in [0.717, 1.165) is 30.9 Å². The minimum atomic E-state index is -0.247. The molecular weight excluding hydrogens is 205 g/mol. The van der Waals surface area contributed by atoms with Crippen LogP contribution in [0, 0.1) is 5.82 Å². The molecule has 0 atom stereocenters. The Morgan fingerprint density at radius 1 is 1.44 bits per heavy atom. The van der Waals surface area contributed by atoms with E-state index in [9.17, 15) is 4.39 Å². The van der Waals surface area contributed by atoms with Crippen molar-refractivity contribution < 1.29 is 4.39 Å². The molecule has 0 bridgehead atoms. The highest BCUT2D eigenvalue weighted by Gasteiger charge is 2.10. The first kappa shape index (κ1) is 11.1. The second kappa shape index (κ2) is 4.61. The molecule has 0 spiro atoms. The van der Waals surface area contributed by atoms with Crippen LogP contribution in [0.1, 0.15) is 12.7 Å². The Bertz CT molecular complexity index is 490. The lowest BCUT2D eigenvalue weighted by atomic mass is 10.3. The third-order valence-corrected chi connectivity index (χ3v) is 2.73. The van der Waals surface area contributed by atoms with Crippen LogP contribution < -0.4 is 5.32 Å². The van der Waals surface area contributed by atoms with Gasteiger partial charge in [-0.2, -0.15) is 0 Å². The van der Waals surface area contributed by atoms with E-state index in [2.05, 4.69) is 17.2 Å². The maximum atomic E-state index is 13.5. The smallest absolute Gasteiger partial charge is 0.151 e. The number of likely N-dealkylation sites (N-methyl/N-ethyl adjacent to an activating group) is 1. The SMILES string of the molecule is CCNCCc1nc2c(F)cccc2n1C. The Labute approximate surface area is 94.3 Å². The van der Waals surface area contributed by atoms with Gasteiger partial charge in [-0.1, -0.05) is 13.0 Å². The molecule has 4 heteroatoms. The minimum absolute atomic E-state index is 0.247. The van der Waals surface area contributed by atoms with Gasteiger partial charge >= 0.3 is 0 Å². The largest absolute Gasteiger partial charge is 0.331 e. The van der Waals surface area contributed by atoms with Crippen molar-refractivity contribution >= 4 is 11.0 Å². The van der Waals surface area contributed by atoms with Gasteiger partial charge in [0.05, 0.1) is 5.52 Å². The number of hydrogen-bond acceptors (Lipinski definition) is 2. The summed E-state index contributed by atoms with van der Waals surface area (Å²) in [6.07, 6.45) is 0.818. The standard InChI is InChI=1S/C12H16FN3/c1-3-14-8-7-11-15-12-9(13)5-4-6-10(12)16(11)2/h4-6,14H,3,7-8H2,1-2H3. The van der Waals surface area contributed by atoms with Crippen LogP contribution in [0.2, 0.25) is 0 Å². The monoisotopic (exact) mass is 221 g/mol. The average Bonchev–Trinajstić information content (AvgIpc) is 2.59. The van der Waals surface area contributed by atoms with Gasteiger partial charge in [0.25, 0.3) is 0 Å². The van der Waals surface area contributed by atoms with Crippen LogP contribution in [0.15, 0.2) is 18.2 Å². The zero-order valence-corrected chi connectivity index (χ0v) is 9.63. The zero-order chi connectivity index (χ0) is 11.5. The number of para-hydroxylation sites is 1. The number of halogens is 1. The van der Waals surface area contributed by atoms with E-state index in [-0.39, 0.29) is 5.82 Å². The van der Waals surface area contributed by atoms with E-state index in [1.807, 2.05) is 17.7 Å². The zero-order valence-electron chi connectivity index (χ0n) is 9.63. The van der Waals surface area contributed by atoms with Crippen LogP contribution in [0.3, 0.4) is 0 Å². The number of nitrogens with zero attached hydrogens (tertiary/aromatic N) is 2. The van der Waals surface area contributed by atoms with Crippen LogP contribution >= 0.6 is 0 Å². The van der Waals surface area contributed by atoms with Gasteiger partial charge in [-0.25, -0.2) is 9.37 Å². The molecule has 0 amide bonds. The Kier molecular flexibility index (Phi) is 3.19. The normalized spacial score (nSPS) is 11.2. The first-order chi connectivity index (χ1) is 7.74. The molecule has 0 saturated carbocycles. The number of imidazole rings is 1. The van der Waals surface area contributed by atoms with Crippen LogP contribution in [0.25, 0.3) is 11.0 Å². The second-order valence-corrected chi connectivity index (χ2v) is 3.80. The van der Waals surface area contributed by atoms with E-state index in [4.69, 9.17) is 0 Å². The van der Waals surface area contributed by atoms with E-state index < -0.39 is 0 Å². The van der Waals surface area contributed by atoms with Gasteiger partial charge in [-0.3, -0.25) is 0 Å². The van der Waals surface area contributed by atoms with E-state index in [1.54, 1.807) is 6.07 Å². The highest BCUT2D eigenvalue weighted by molar-refractivity contribution is 5.76. The molecule has 1 heterocycles. The van der Waals surface area contributed by atoms with Gasteiger partial charge in [-0.05, 0) is 18.7 Å². The molecule has 0 aliphatic rings. The van der Waals surface area contributed by atoms with Crippen molar-refractivity contribution in [3.05, 3.63) is 29.8 Å². The summed E-state index contributed by atoms with van der Waals surface area (Å²) >= 11 is 0. The average molecular weight is 221 g/mol. The summed E-state index contributed by atoms with van der Waals surface area (Å²) in [6.45, 7) is 3.88. The quantitative estimate of drug-likeness (QED) is 0.799. The molecule has 2 aromatic rings. The fraction of sp³-hybridized carbons (Fsp3) is 0.417. The number of aryl methyl sites for hydroxylation is 1. The van der Waals surface area contributed by atoms with Crippen molar-refractivity contribution in [1.29, 1.82) is 0 Å². The summed E-state index contributed by atoms with van der Waals surface area (Å²) in [4.78, 5) is 4.33. The van der Waals surface area contributed by atoms with E-state index in [1.165, 1.54) is 6.07 Å². The molecule has 1 aromatic carbocycles. The number of hydrogen-bond donors (Lipinski definition) is 1. The first-order valence-electron chi connectivity index (χ1n) is 5.54. The van der Waals surface area contributed by atoms with Gasteiger partial charge in [0.2, 0.25) is 0 Å². The summed E-state index contributed by atoms with van der Waals surface area (Å²) in [7, 11) is 1.93. The summed E-state index contributed by atoms with van der Waals surface area (Å²) in [5.74, 6) is 0.670. The predicted octanol–water partition coefficient (Wildman–Crippen LogP) is 1.86. The molecule has 86 valence electrons. The molecule has 0 fully saturated rings. The number of fused-ring (bicyclic) bond motifs is 1. The number of rotatable bonds is 4. The Morgan fingerprint density at radius 3 is 2.94 bits per heavy atom. The Hall–Kier alpha value is -1.42. The van der Waals surface area contributed by atoms with E-state index >= 15 is 0 Å².